The molecule has 0 aliphatic carbocycles. The summed E-state index contributed by atoms with van der Waals surface area (Å²) in [6.45, 7) is 9.28. The molecule has 0 fully saturated rings. The van der Waals surface area contributed by atoms with Crippen LogP contribution < -0.4 is 0 Å². The highest BCUT2D eigenvalue weighted by molar-refractivity contribution is 4.96. The lowest BCUT2D eigenvalue weighted by Gasteiger charge is -2.32. The minimum atomic E-state index is 0.643. The Morgan fingerprint density at radius 3 is 1.43 bits per heavy atom. The van der Waals surface area contributed by atoms with Crippen LogP contribution in [-0.4, -0.2) is 29.1 Å². The number of rotatable bonds is 15. The van der Waals surface area contributed by atoms with Gasteiger partial charge in [-0.2, -0.15) is 0 Å². The Hall–Kier alpha value is -0.660. The molecule has 1 rings (SSSR count). The van der Waals surface area contributed by atoms with Crippen molar-refractivity contribution in [2.24, 2.45) is 0 Å². The van der Waals surface area contributed by atoms with E-state index in [1.165, 1.54) is 96.6 Å². The Balaban J connectivity index is 2.06. The Bertz CT molecular complexity index is 272. The van der Waals surface area contributed by atoms with Crippen molar-refractivity contribution in [2.45, 2.75) is 110 Å². The van der Waals surface area contributed by atoms with Crippen molar-refractivity contribution in [3.63, 3.8) is 0 Å². The third-order valence-electron chi connectivity index (χ3n) is 4.99. The summed E-state index contributed by atoms with van der Waals surface area (Å²) >= 11 is 0. The van der Waals surface area contributed by atoms with Gasteiger partial charge in [0.25, 0.3) is 0 Å². The smallest absolute Gasteiger partial charge is 0.101 e. The average molecular weight is 323 g/mol. The third kappa shape index (κ3) is 8.67. The minimum absolute atomic E-state index is 0.643. The topological polar surface area (TPSA) is 6.48 Å². The summed E-state index contributed by atoms with van der Waals surface area (Å²) < 4.78 is 0. The van der Waals surface area contributed by atoms with Crippen LogP contribution in [0.4, 0.5) is 0 Å². The quantitative estimate of drug-likeness (QED) is 0.316. The largest absolute Gasteiger partial charge is 0.356 e. The van der Waals surface area contributed by atoms with Gasteiger partial charge < -0.3 is 9.80 Å². The van der Waals surface area contributed by atoms with Crippen LogP contribution in [0.5, 0.6) is 0 Å². The van der Waals surface area contributed by atoms with Crippen molar-refractivity contribution in [1.82, 2.24) is 9.80 Å². The van der Waals surface area contributed by atoms with E-state index in [1.807, 2.05) is 0 Å². The van der Waals surface area contributed by atoms with Gasteiger partial charge in [0.1, 0.15) is 6.17 Å². The lowest BCUT2D eigenvalue weighted by Crippen LogP contribution is -2.39. The number of unbranched alkanes of at least 4 members (excludes halogenated alkanes) is 9. The van der Waals surface area contributed by atoms with Crippen molar-refractivity contribution in [2.75, 3.05) is 13.1 Å². The number of hydrogen-bond acceptors (Lipinski definition) is 2. The second-order valence-corrected chi connectivity index (χ2v) is 7.23. The Kier molecular flexibility index (Phi) is 12.2. The van der Waals surface area contributed by atoms with Gasteiger partial charge in [0.2, 0.25) is 0 Å². The molecule has 0 unspecified atom stereocenters. The SMILES string of the molecule is CCCCCCCCCCCCC1N(CCC)C=CN1CCC. The van der Waals surface area contributed by atoms with E-state index in [-0.39, 0.29) is 0 Å². The van der Waals surface area contributed by atoms with Gasteiger partial charge in [0.05, 0.1) is 0 Å². The molecule has 23 heavy (non-hydrogen) atoms. The van der Waals surface area contributed by atoms with E-state index in [9.17, 15) is 0 Å². The van der Waals surface area contributed by atoms with E-state index < -0.39 is 0 Å². The number of hydrogen-bond donors (Lipinski definition) is 0. The van der Waals surface area contributed by atoms with Gasteiger partial charge >= 0.3 is 0 Å². The molecule has 0 aromatic heterocycles. The van der Waals surface area contributed by atoms with Gasteiger partial charge in [-0.3, -0.25) is 0 Å². The molecule has 0 amide bonds. The molecule has 0 spiro atoms. The molecular formula is C21H42N2. The lowest BCUT2D eigenvalue weighted by molar-refractivity contribution is 0.139. The van der Waals surface area contributed by atoms with Gasteiger partial charge in [-0.15, -0.1) is 0 Å². The molecule has 136 valence electrons. The minimum Gasteiger partial charge on any atom is -0.356 e. The Labute approximate surface area is 146 Å². The first-order chi connectivity index (χ1) is 11.3. The highest BCUT2D eigenvalue weighted by Gasteiger charge is 2.24. The standard InChI is InChI=1S/C21H42N2/c1-4-7-8-9-10-11-12-13-14-15-16-21-22(17-5-2)19-20-23(21)18-6-3/h19-21H,4-18H2,1-3H3. The predicted molar refractivity (Wildman–Crippen MR) is 103 cm³/mol. The first-order valence-electron chi connectivity index (χ1n) is 10.5. The lowest BCUT2D eigenvalue weighted by atomic mass is 10.0. The van der Waals surface area contributed by atoms with E-state index in [4.69, 9.17) is 0 Å². The molecule has 0 aromatic rings. The van der Waals surface area contributed by atoms with Gasteiger partial charge in [-0.25, -0.2) is 0 Å². The zero-order valence-electron chi connectivity index (χ0n) is 16.2. The molecule has 0 atom stereocenters. The highest BCUT2D eigenvalue weighted by atomic mass is 15.4. The van der Waals surface area contributed by atoms with Crippen LogP contribution in [0, 0.1) is 0 Å². The zero-order chi connectivity index (χ0) is 16.8. The highest BCUT2D eigenvalue weighted by Crippen LogP contribution is 2.22. The van der Waals surface area contributed by atoms with Crippen LogP contribution in [-0.2, 0) is 0 Å². The summed E-state index contributed by atoms with van der Waals surface area (Å²) in [4.78, 5) is 5.12. The molecule has 0 bridgehead atoms. The van der Waals surface area contributed by atoms with Crippen molar-refractivity contribution in [3.05, 3.63) is 12.4 Å². The maximum absolute atomic E-state index is 2.56. The van der Waals surface area contributed by atoms with E-state index in [0.29, 0.717) is 6.17 Å². The fourth-order valence-corrected chi connectivity index (χ4v) is 3.67. The summed E-state index contributed by atoms with van der Waals surface area (Å²) in [6.07, 6.45) is 23.4. The first-order valence-corrected chi connectivity index (χ1v) is 10.5. The molecule has 0 saturated heterocycles. The molecule has 0 N–H and O–H groups in total. The molecule has 0 aromatic carbocycles. The number of nitrogens with zero attached hydrogens (tertiary/aromatic N) is 2. The monoisotopic (exact) mass is 322 g/mol. The predicted octanol–water partition coefficient (Wildman–Crippen LogP) is 6.53. The molecule has 0 radical (unpaired) electrons. The van der Waals surface area contributed by atoms with Crippen LogP contribution in [0.2, 0.25) is 0 Å². The van der Waals surface area contributed by atoms with Crippen LogP contribution in [0.1, 0.15) is 104 Å². The van der Waals surface area contributed by atoms with E-state index in [0.717, 1.165) is 0 Å². The second-order valence-electron chi connectivity index (χ2n) is 7.23. The van der Waals surface area contributed by atoms with Gasteiger partial charge in [-0.05, 0) is 25.7 Å². The fourth-order valence-electron chi connectivity index (χ4n) is 3.67. The molecule has 1 heterocycles. The van der Waals surface area contributed by atoms with Crippen molar-refractivity contribution in [3.8, 4) is 0 Å². The van der Waals surface area contributed by atoms with Crippen LogP contribution in [0.3, 0.4) is 0 Å². The summed E-state index contributed by atoms with van der Waals surface area (Å²) in [7, 11) is 0. The van der Waals surface area contributed by atoms with E-state index in [2.05, 4.69) is 43.0 Å². The molecule has 2 nitrogen and oxygen atoms in total. The first kappa shape index (κ1) is 20.4. The van der Waals surface area contributed by atoms with Crippen LogP contribution in [0.15, 0.2) is 12.4 Å². The summed E-state index contributed by atoms with van der Waals surface area (Å²) in [5, 5.41) is 0. The van der Waals surface area contributed by atoms with Gasteiger partial charge in [0, 0.05) is 25.5 Å². The Morgan fingerprint density at radius 1 is 0.565 bits per heavy atom. The fraction of sp³-hybridized carbons (Fsp3) is 0.905. The van der Waals surface area contributed by atoms with Crippen LogP contribution >= 0.6 is 0 Å². The van der Waals surface area contributed by atoms with Gasteiger partial charge in [0.15, 0.2) is 0 Å². The second kappa shape index (κ2) is 13.7. The van der Waals surface area contributed by atoms with Crippen LogP contribution in [0.25, 0.3) is 0 Å². The normalized spacial score (nSPS) is 15.1. The van der Waals surface area contributed by atoms with E-state index >= 15 is 0 Å². The zero-order valence-corrected chi connectivity index (χ0v) is 16.2. The van der Waals surface area contributed by atoms with Crippen molar-refractivity contribution < 1.29 is 0 Å². The molecule has 0 saturated carbocycles. The van der Waals surface area contributed by atoms with E-state index in [1.54, 1.807) is 0 Å². The third-order valence-corrected chi connectivity index (χ3v) is 4.99. The van der Waals surface area contributed by atoms with Gasteiger partial charge in [-0.1, -0.05) is 78.6 Å². The molecular weight excluding hydrogens is 280 g/mol. The van der Waals surface area contributed by atoms with Crippen molar-refractivity contribution in [1.29, 1.82) is 0 Å². The van der Waals surface area contributed by atoms with Crippen molar-refractivity contribution >= 4 is 0 Å². The average Bonchev–Trinajstić information content (AvgIpc) is 2.92. The maximum Gasteiger partial charge on any atom is 0.101 e. The molecule has 1 aliphatic heterocycles. The molecule has 2 heteroatoms. The Morgan fingerprint density at radius 2 is 1.00 bits per heavy atom. The summed E-state index contributed by atoms with van der Waals surface area (Å²) in [6, 6.07) is 0. The summed E-state index contributed by atoms with van der Waals surface area (Å²) in [5.41, 5.74) is 0. The maximum atomic E-state index is 2.56. The molecule has 1 aliphatic rings. The summed E-state index contributed by atoms with van der Waals surface area (Å²) in [5.74, 6) is 0.